The second kappa shape index (κ2) is 5.87. The molecule has 3 rings (SSSR count). The van der Waals surface area contributed by atoms with Crippen molar-refractivity contribution in [2.75, 3.05) is 46.9 Å². The monoisotopic (exact) mass is 287 g/mol. The van der Waals surface area contributed by atoms with Crippen LogP contribution in [-0.4, -0.2) is 67.4 Å². The molecule has 2 heterocycles. The minimum Gasteiger partial charge on any atom is -0.497 e. The van der Waals surface area contributed by atoms with Crippen molar-refractivity contribution >= 4 is 16.7 Å². The number of H-pyrrole nitrogens is 1. The molecule has 0 radical (unpaired) electrons. The van der Waals surface area contributed by atoms with E-state index in [1.54, 1.807) is 7.11 Å². The van der Waals surface area contributed by atoms with Gasteiger partial charge in [0.15, 0.2) is 5.78 Å². The smallest absolute Gasteiger partial charge is 0.178 e. The van der Waals surface area contributed by atoms with E-state index in [2.05, 4.69) is 21.8 Å². The number of ether oxygens (including phenoxy) is 1. The molecule has 1 aromatic heterocycles. The summed E-state index contributed by atoms with van der Waals surface area (Å²) in [5.74, 6) is 0.971. The first kappa shape index (κ1) is 14.1. The van der Waals surface area contributed by atoms with Crippen LogP contribution in [0.4, 0.5) is 0 Å². The van der Waals surface area contributed by atoms with Gasteiger partial charge in [-0.2, -0.15) is 0 Å². The number of carbonyl (C=O) groups excluding carboxylic acids is 1. The molecule has 1 aliphatic rings. The second-order valence-corrected chi connectivity index (χ2v) is 5.62. The fourth-order valence-electron chi connectivity index (χ4n) is 2.76. The molecule has 1 aromatic carbocycles. The predicted octanol–water partition coefficient (Wildman–Crippen LogP) is 1.61. The number of nitrogens with one attached hydrogen (secondary N) is 1. The first-order valence-electron chi connectivity index (χ1n) is 7.26. The average Bonchev–Trinajstić information content (AvgIpc) is 2.92. The van der Waals surface area contributed by atoms with Crippen molar-refractivity contribution in [2.45, 2.75) is 0 Å². The third-order valence-corrected chi connectivity index (χ3v) is 4.15. The molecule has 5 nitrogen and oxygen atoms in total. The van der Waals surface area contributed by atoms with Gasteiger partial charge in [-0.1, -0.05) is 0 Å². The first-order valence-corrected chi connectivity index (χ1v) is 7.26. The minimum absolute atomic E-state index is 0.177. The standard InChI is InChI=1S/C16H21N3O2/c1-18-5-7-19(8-6-18)11-16(20)14-10-17-15-9-12(21-2)3-4-13(14)15/h3-4,9-10,17H,5-8,11H2,1-2H3. The van der Waals surface area contributed by atoms with Crippen LogP contribution in [0.1, 0.15) is 10.4 Å². The van der Waals surface area contributed by atoms with Crippen LogP contribution < -0.4 is 4.74 Å². The predicted molar refractivity (Wildman–Crippen MR) is 83.1 cm³/mol. The highest BCUT2D eigenvalue weighted by Gasteiger charge is 2.19. The van der Waals surface area contributed by atoms with Crippen molar-refractivity contribution in [1.82, 2.24) is 14.8 Å². The fraction of sp³-hybridized carbons (Fsp3) is 0.438. The molecule has 0 amide bonds. The van der Waals surface area contributed by atoms with Crippen LogP contribution in [0, 0.1) is 0 Å². The van der Waals surface area contributed by atoms with Gasteiger partial charge in [-0.3, -0.25) is 9.69 Å². The second-order valence-electron chi connectivity index (χ2n) is 5.62. The van der Waals surface area contributed by atoms with Crippen LogP contribution in [0.5, 0.6) is 5.75 Å². The van der Waals surface area contributed by atoms with Gasteiger partial charge < -0.3 is 14.6 Å². The molecule has 0 bridgehead atoms. The molecule has 5 heteroatoms. The van der Waals surface area contributed by atoms with E-state index in [9.17, 15) is 4.79 Å². The summed E-state index contributed by atoms with van der Waals surface area (Å²) in [6.45, 7) is 4.46. The van der Waals surface area contributed by atoms with Crippen LogP contribution in [0.15, 0.2) is 24.4 Å². The Bertz CT molecular complexity index is 642. The molecule has 0 aliphatic carbocycles. The van der Waals surface area contributed by atoms with E-state index >= 15 is 0 Å². The van der Waals surface area contributed by atoms with Crippen molar-refractivity contribution in [3.8, 4) is 5.75 Å². The van der Waals surface area contributed by atoms with E-state index in [0.717, 1.165) is 48.4 Å². The van der Waals surface area contributed by atoms with Gasteiger partial charge in [-0.05, 0) is 19.2 Å². The molecule has 1 saturated heterocycles. The lowest BCUT2D eigenvalue weighted by Crippen LogP contribution is -2.46. The first-order chi connectivity index (χ1) is 10.2. The molecule has 0 saturated carbocycles. The Morgan fingerprint density at radius 3 is 2.76 bits per heavy atom. The van der Waals surface area contributed by atoms with Crippen molar-refractivity contribution in [3.63, 3.8) is 0 Å². The van der Waals surface area contributed by atoms with E-state index in [-0.39, 0.29) is 5.78 Å². The zero-order chi connectivity index (χ0) is 14.8. The van der Waals surface area contributed by atoms with E-state index in [1.807, 2.05) is 24.4 Å². The number of rotatable bonds is 4. The molecular weight excluding hydrogens is 266 g/mol. The zero-order valence-corrected chi connectivity index (χ0v) is 12.6. The van der Waals surface area contributed by atoms with Gasteiger partial charge in [0.05, 0.1) is 13.7 Å². The van der Waals surface area contributed by atoms with Crippen LogP contribution in [0.3, 0.4) is 0 Å². The van der Waals surface area contributed by atoms with Gasteiger partial charge in [0.1, 0.15) is 5.75 Å². The number of benzene rings is 1. The van der Waals surface area contributed by atoms with Crippen molar-refractivity contribution in [2.24, 2.45) is 0 Å². The average molecular weight is 287 g/mol. The highest BCUT2D eigenvalue weighted by atomic mass is 16.5. The number of hydrogen-bond acceptors (Lipinski definition) is 4. The molecule has 1 N–H and O–H groups in total. The molecule has 0 atom stereocenters. The van der Waals surface area contributed by atoms with E-state index in [0.29, 0.717) is 6.54 Å². The zero-order valence-electron chi connectivity index (χ0n) is 12.6. The third-order valence-electron chi connectivity index (χ3n) is 4.15. The summed E-state index contributed by atoms with van der Waals surface area (Å²) in [4.78, 5) is 20.2. The van der Waals surface area contributed by atoms with Gasteiger partial charge in [0, 0.05) is 54.9 Å². The molecule has 0 spiro atoms. The number of aromatic nitrogens is 1. The number of ketones is 1. The number of fused-ring (bicyclic) bond motifs is 1. The summed E-state index contributed by atoms with van der Waals surface area (Å²) in [6.07, 6.45) is 1.81. The molecular formula is C16H21N3O2. The summed E-state index contributed by atoms with van der Waals surface area (Å²) in [5, 5.41) is 0.968. The van der Waals surface area contributed by atoms with Gasteiger partial charge in [0.25, 0.3) is 0 Å². The topological polar surface area (TPSA) is 48.6 Å². The largest absolute Gasteiger partial charge is 0.497 e. The van der Waals surface area contributed by atoms with E-state index in [4.69, 9.17) is 4.74 Å². The number of likely N-dealkylation sites (N-methyl/N-ethyl adjacent to an activating group) is 1. The van der Waals surface area contributed by atoms with Crippen molar-refractivity contribution < 1.29 is 9.53 Å². The van der Waals surface area contributed by atoms with Crippen molar-refractivity contribution in [1.29, 1.82) is 0 Å². The third kappa shape index (κ3) is 2.94. The molecule has 1 aliphatic heterocycles. The highest BCUT2D eigenvalue weighted by molar-refractivity contribution is 6.09. The molecule has 1 fully saturated rings. The van der Waals surface area contributed by atoms with Crippen LogP contribution in [-0.2, 0) is 0 Å². The van der Waals surface area contributed by atoms with Crippen LogP contribution >= 0.6 is 0 Å². The maximum absolute atomic E-state index is 12.5. The quantitative estimate of drug-likeness (QED) is 0.868. The molecule has 112 valence electrons. The maximum atomic E-state index is 12.5. The Morgan fingerprint density at radius 2 is 2.05 bits per heavy atom. The van der Waals surface area contributed by atoms with E-state index < -0.39 is 0 Å². The van der Waals surface area contributed by atoms with Crippen molar-refractivity contribution in [3.05, 3.63) is 30.0 Å². The van der Waals surface area contributed by atoms with Gasteiger partial charge in [-0.25, -0.2) is 0 Å². The lowest BCUT2D eigenvalue weighted by Gasteiger charge is -2.31. The van der Waals surface area contributed by atoms with E-state index in [1.165, 1.54) is 0 Å². The number of aromatic amines is 1. The number of carbonyl (C=O) groups is 1. The number of nitrogens with zero attached hydrogens (tertiary/aromatic N) is 2. The maximum Gasteiger partial charge on any atom is 0.178 e. The Balaban J connectivity index is 1.75. The number of Topliss-reactive ketones (excluding diaryl/α,β-unsaturated/α-hetero) is 1. The summed E-state index contributed by atoms with van der Waals surface area (Å²) < 4.78 is 5.21. The SMILES string of the molecule is COc1ccc2c(C(=O)CN3CCN(C)CC3)c[nH]c2c1. The van der Waals surface area contributed by atoms with Gasteiger partial charge in [-0.15, -0.1) is 0 Å². The normalized spacial score (nSPS) is 17.2. The fourth-order valence-corrected chi connectivity index (χ4v) is 2.76. The van der Waals surface area contributed by atoms with Gasteiger partial charge >= 0.3 is 0 Å². The molecule has 0 unspecified atom stereocenters. The lowest BCUT2D eigenvalue weighted by atomic mass is 10.1. The molecule has 2 aromatic rings. The summed E-state index contributed by atoms with van der Waals surface area (Å²) in [7, 11) is 3.76. The minimum atomic E-state index is 0.177. The Kier molecular flexibility index (Phi) is 3.94. The number of methoxy groups -OCH3 is 1. The molecule has 21 heavy (non-hydrogen) atoms. The Labute approximate surface area is 124 Å². The number of hydrogen-bond donors (Lipinski definition) is 1. The number of piperazine rings is 1. The summed E-state index contributed by atoms with van der Waals surface area (Å²) >= 11 is 0. The van der Waals surface area contributed by atoms with Crippen LogP contribution in [0.2, 0.25) is 0 Å². The Hall–Kier alpha value is -1.85. The Morgan fingerprint density at radius 1 is 1.29 bits per heavy atom. The lowest BCUT2D eigenvalue weighted by molar-refractivity contribution is 0.0878. The van der Waals surface area contributed by atoms with Gasteiger partial charge in [0.2, 0.25) is 0 Å². The summed E-state index contributed by atoms with van der Waals surface area (Å²) in [6, 6.07) is 5.76. The highest BCUT2D eigenvalue weighted by Crippen LogP contribution is 2.23. The summed E-state index contributed by atoms with van der Waals surface area (Å²) in [5.41, 5.74) is 1.71. The van der Waals surface area contributed by atoms with Crippen LogP contribution in [0.25, 0.3) is 10.9 Å².